The second kappa shape index (κ2) is 32.0. The van der Waals surface area contributed by atoms with Crippen LogP contribution in [-0.2, 0) is 71.5 Å². The quantitative estimate of drug-likeness (QED) is 0.0493. The van der Waals surface area contributed by atoms with E-state index in [1.54, 1.807) is 18.2 Å². The molecule has 6 aromatic carbocycles. The van der Waals surface area contributed by atoms with Crippen LogP contribution in [0.15, 0.2) is 91.0 Å². The SMILES string of the molecule is CCc1cc(C(C)C)ccc1OP(=O)([O-])Oc1c2cc(C(C)C)cc1CCCC2.CCc1cc(C(C)C)ccc1OP(=O)([O-])Oc1c2cc(C(C)C)cc1CCCC2.CCc1cc(C(C)C)ccc1OP(=O)([O-])Oc1c2cc(C(C)C)cc1CCCC2.[Al+3]. The normalized spacial score (nSPS) is 15.7. The van der Waals surface area contributed by atoms with E-state index in [1.807, 2.05) is 57.2 Å². The summed E-state index contributed by atoms with van der Waals surface area (Å²) in [6.45, 7) is 31.5. The van der Waals surface area contributed by atoms with Gasteiger partial charge in [0.15, 0.2) is 0 Å². The van der Waals surface area contributed by atoms with Crippen LogP contribution in [0.5, 0.6) is 34.5 Å². The monoisotopic (exact) mass is 1270 g/mol. The molecule has 3 aliphatic rings. The Morgan fingerprint density at radius 1 is 0.318 bits per heavy atom. The molecule has 6 aromatic rings. The largest absolute Gasteiger partial charge is 3.00 e. The molecule has 0 amide bonds. The maximum atomic E-state index is 12.8. The zero-order valence-electron chi connectivity index (χ0n) is 55.0. The Hall–Kier alpha value is -4.78. The van der Waals surface area contributed by atoms with E-state index in [9.17, 15) is 28.4 Å². The van der Waals surface area contributed by atoms with Crippen LogP contribution in [0.1, 0.15) is 261 Å². The molecule has 3 atom stereocenters. The summed E-state index contributed by atoms with van der Waals surface area (Å²) in [5.74, 6) is 4.77. The van der Waals surface area contributed by atoms with Crippen molar-refractivity contribution in [1.82, 2.24) is 0 Å². The van der Waals surface area contributed by atoms with Gasteiger partial charge in [-0.2, -0.15) is 0 Å². The Balaban J connectivity index is 0.000000209. The maximum absolute atomic E-state index is 12.8. The molecule has 3 aliphatic carbocycles. The number of hydrogen-bond donors (Lipinski definition) is 0. The molecule has 3 unspecified atom stereocenters. The van der Waals surface area contributed by atoms with Crippen LogP contribution in [0.2, 0.25) is 0 Å². The number of aryl methyl sites for hydroxylation is 9. The fourth-order valence-electron chi connectivity index (χ4n) is 11.4. The Bertz CT molecular complexity index is 3040. The number of hydrogen-bond acceptors (Lipinski definition) is 12. The summed E-state index contributed by atoms with van der Waals surface area (Å²) in [5.41, 5.74) is 15.6. The van der Waals surface area contributed by atoms with E-state index in [0.717, 1.165) is 144 Å². The van der Waals surface area contributed by atoms with Crippen molar-refractivity contribution >= 4 is 40.8 Å². The fraction of sp³-hybridized carbons (Fsp3) is 0.500. The number of phosphoric acid groups is 3. The summed E-state index contributed by atoms with van der Waals surface area (Å²) in [5, 5.41) is 0. The van der Waals surface area contributed by atoms with Gasteiger partial charge in [-0.15, -0.1) is 0 Å². The average Bonchev–Trinajstić information content (AvgIpc) is 3.00. The van der Waals surface area contributed by atoms with Crippen molar-refractivity contribution < 1.29 is 55.5 Å². The summed E-state index contributed by atoms with van der Waals surface area (Å²) >= 11 is 0. The number of benzene rings is 6. The average molecular weight is 1270 g/mol. The van der Waals surface area contributed by atoms with Crippen LogP contribution in [0.3, 0.4) is 0 Å². The molecule has 0 aliphatic heterocycles. The molecule has 0 radical (unpaired) electrons. The predicted molar refractivity (Wildman–Crippen MR) is 354 cm³/mol. The summed E-state index contributed by atoms with van der Waals surface area (Å²) in [6.07, 6.45) is 13.2. The third-order valence-corrected chi connectivity index (χ3v) is 19.3. The summed E-state index contributed by atoms with van der Waals surface area (Å²) in [7, 11) is -13.7. The van der Waals surface area contributed by atoms with Gasteiger partial charge in [0.1, 0.15) is 34.5 Å². The van der Waals surface area contributed by atoms with Crippen molar-refractivity contribution in [2.75, 3.05) is 0 Å². The molecule has 16 heteroatoms. The molecule has 0 saturated carbocycles. The fourth-order valence-corrected chi connectivity index (χ4v) is 14.2. The van der Waals surface area contributed by atoms with Gasteiger partial charge >= 0.3 is 40.8 Å². The van der Waals surface area contributed by atoms with Crippen molar-refractivity contribution in [3.05, 3.63) is 174 Å². The first kappa shape index (κ1) is 72.3. The van der Waals surface area contributed by atoms with E-state index in [2.05, 4.69) is 119 Å². The van der Waals surface area contributed by atoms with E-state index in [1.165, 1.54) is 16.7 Å². The molecular weight excluding hydrogens is 1180 g/mol. The standard InChI is InChI=1S/3C24H33O4P.Al/c3*1-6-18-13-19(16(2)3)11-12-23(18)27-29(25,26)28-24-20-9-7-8-10-21(24)15-22(14-20)17(4)5;/h3*11-17H,6-10H2,1-5H3,(H,25,26);/q;;;+3/p-3. The Kier molecular flexibility index (Phi) is 26.3. The molecule has 0 fully saturated rings. The molecule has 0 heterocycles. The molecule has 474 valence electrons. The Morgan fingerprint density at radius 3 is 0.682 bits per heavy atom. The van der Waals surface area contributed by atoms with Crippen LogP contribution >= 0.6 is 23.5 Å². The van der Waals surface area contributed by atoms with Gasteiger partial charge in [0.05, 0.1) is 0 Å². The van der Waals surface area contributed by atoms with E-state index in [4.69, 9.17) is 27.1 Å². The van der Waals surface area contributed by atoms with Gasteiger partial charge in [-0.25, -0.2) is 13.7 Å². The zero-order chi connectivity index (χ0) is 63.5. The molecule has 88 heavy (non-hydrogen) atoms. The van der Waals surface area contributed by atoms with Crippen LogP contribution in [0, 0.1) is 0 Å². The first-order valence-electron chi connectivity index (χ1n) is 32.1. The van der Waals surface area contributed by atoms with Crippen molar-refractivity contribution in [2.45, 2.75) is 236 Å². The minimum Gasteiger partial charge on any atom is -0.736 e. The Morgan fingerprint density at radius 2 is 0.511 bits per heavy atom. The molecule has 0 spiro atoms. The van der Waals surface area contributed by atoms with Gasteiger partial charge in [-0.05, 0) is 233 Å². The van der Waals surface area contributed by atoms with E-state index in [0.29, 0.717) is 89.3 Å². The summed E-state index contributed by atoms with van der Waals surface area (Å²) in [4.78, 5) is 38.4. The van der Waals surface area contributed by atoms with Gasteiger partial charge in [-0.3, -0.25) is 0 Å². The third kappa shape index (κ3) is 19.6. The summed E-state index contributed by atoms with van der Waals surface area (Å²) in [6, 6.07) is 29.5. The van der Waals surface area contributed by atoms with Crippen LogP contribution < -0.4 is 41.8 Å². The zero-order valence-corrected chi connectivity index (χ0v) is 58.9. The molecule has 0 N–H and O–H groups in total. The van der Waals surface area contributed by atoms with Crippen molar-refractivity contribution in [3.63, 3.8) is 0 Å². The molecule has 9 rings (SSSR count). The third-order valence-electron chi connectivity index (χ3n) is 16.9. The number of rotatable bonds is 21. The molecule has 12 nitrogen and oxygen atoms in total. The van der Waals surface area contributed by atoms with Gasteiger partial charge in [0.2, 0.25) is 0 Å². The molecule has 0 aromatic heterocycles. The van der Waals surface area contributed by atoms with Gasteiger partial charge in [0.25, 0.3) is 0 Å². The second-order valence-corrected chi connectivity index (χ2v) is 29.4. The van der Waals surface area contributed by atoms with E-state index < -0.39 is 23.5 Å². The van der Waals surface area contributed by atoms with E-state index in [-0.39, 0.29) is 17.4 Å². The van der Waals surface area contributed by atoms with Crippen LogP contribution in [0.25, 0.3) is 0 Å². The topological polar surface area (TPSA) is 176 Å². The molecule has 6 bridgehead atoms. The predicted octanol–water partition coefficient (Wildman–Crippen LogP) is 18.5. The summed E-state index contributed by atoms with van der Waals surface area (Å²) < 4.78 is 71.5. The molecule has 0 saturated heterocycles. The first-order valence-corrected chi connectivity index (χ1v) is 36.4. The minimum absolute atomic E-state index is 0. The smallest absolute Gasteiger partial charge is 0.736 e. The first-order chi connectivity index (χ1) is 41.1. The van der Waals surface area contributed by atoms with Gasteiger partial charge < -0.3 is 41.8 Å². The van der Waals surface area contributed by atoms with Crippen LogP contribution in [0.4, 0.5) is 0 Å². The van der Waals surface area contributed by atoms with E-state index >= 15 is 0 Å². The van der Waals surface area contributed by atoms with Crippen molar-refractivity contribution in [1.29, 1.82) is 0 Å². The maximum Gasteiger partial charge on any atom is 3.00 e. The van der Waals surface area contributed by atoms with Gasteiger partial charge in [0, 0.05) is 0 Å². The van der Waals surface area contributed by atoms with Crippen LogP contribution in [-0.4, -0.2) is 17.4 Å². The second-order valence-electron chi connectivity index (χ2n) is 25.6. The number of phosphoric ester groups is 3. The Labute approximate surface area is 537 Å². The minimum atomic E-state index is -4.56. The molecular formula is C72H96AlO12P3. The van der Waals surface area contributed by atoms with Gasteiger partial charge in [-0.1, -0.05) is 177 Å². The number of fused-ring (bicyclic) bond motifs is 6. The van der Waals surface area contributed by atoms with Crippen molar-refractivity contribution in [2.24, 2.45) is 0 Å². The van der Waals surface area contributed by atoms with Crippen molar-refractivity contribution in [3.8, 4) is 34.5 Å².